The lowest BCUT2D eigenvalue weighted by molar-refractivity contribution is -0.528. The van der Waals surface area contributed by atoms with Crippen LogP contribution in [0, 0.1) is 16.0 Å². The number of amides is 2. The van der Waals surface area contributed by atoms with E-state index >= 15 is 0 Å². The van der Waals surface area contributed by atoms with Gasteiger partial charge in [0.25, 0.3) is 5.91 Å². The Balaban J connectivity index is 2.29. The van der Waals surface area contributed by atoms with Gasteiger partial charge in [-0.25, -0.2) is 9.69 Å². The number of fused-ring (bicyclic) bond motifs is 2. The number of methoxy groups -OCH3 is 1. The molecule has 0 radical (unpaired) electrons. The Bertz CT molecular complexity index is 935. The molecule has 0 aromatic heterocycles. The number of benzene rings is 1. The SMILES string of the molecule is COC(=O)[C@@H]1[C@@H]([N+](=O)[O-])C[C@@](C)(O)[C@]12C(=O)N(C(=O)OC(C)(C)C)c1ccccc12. The van der Waals surface area contributed by atoms with E-state index in [1.165, 1.54) is 19.1 Å². The Morgan fingerprint density at radius 3 is 2.43 bits per heavy atom. The number of aliphatic hydroxyl groups is 1. The first kappa shape index (κ1) is 21.7. The van der Waals surface area contributed by atoms with Crippen molar-refractivity contribution in [3.8, 4) is 0 Å². The third-order valence-electron chi connectivity index (χ3n) is 5.72. The number of hydrogen-bond acceptors (Lipinski definition) is 8. The van der Waals surface area contributed by atoms with Crippen molar-refractivity contribution >= 4 is 23.7 Å². The summed E-state index contributed by atoms with van der Waals surface area (Å²) in [5.41, 5.74) is -4.76. The lowest BCUT2D eigenvalue weighted by Crippen LogP contribution is -2.59. The van der Waals surface area contributed by atoms with Gasteiger partial charge in [-0.2, -0.15) is 0 Å². The summed E-state index contributed by atoms with van der Waals surface area (Å²) < 4.78 is 10.1. The standard InChI is InChI=1S/C20H24N2O8/c1-18(2,3)30-17(25)21-12-9-7-6-8-11(12)20(16(21)24)14(15(23)29-5)13(22(27)28)10-19(20,4)26/h6-9,13-14,26H,10H2,1-5H3/t13-,14-,19+,20-/m0/s1. The fourth-order valence-corrected chi connectivity index (χ4v) is 4.68. The zero-order valence-electron chi connectivity index (χ0n) is 17.4. The van der Waals surface area contributed by atoms with Crippen LogP contribution in [0.3, 0.4) is 0 Å². The Hall–Kier alpha value is -3.01. The normalized spacial score (nSPS) is 30.3. The first-order valence-electron chi connectivity index (χ1n) is 9.40. The minimum Gasteiger partial charge on any atom is -0.469 e. The van der Waals surface area contributed by atoms with Gasteiger partial charge in [0.05, 0.1) is 18.4 Å². The minimum atomic E-state index is -2.08. The second-order valence-corrected chi connectivity index (χ2v) is 8.78. The summed E-state index contributed by atoms with van der Waals surface area (Å²) in [5, 5.41) is 23.1. The molecule has 30 heavy (non-hydrogen) atoms. The minimum absolute atomic E-state index is 0.106. The zero-order chi connectivity index (χ0) is 22.6. The summed E-state index contributed by atoms with van der Waals surface area (Å²) >= 11 is 0. The lowest BCUT2D eigenvalue weighted by atomic mass is 9.65. The smallest absolute Gasteiger partial charge is 0.421 e. The molecule has 1 aromatic carbocycles. The maximum Gasteiger partial charge on any atom is 0.421 e. The van der Waals surface area contributed by atoms with E-state index in [0.717, 1.165) is 12.0 Å². The van der Waals surface area contributed by atoms with Crippen molar-refractivity contribution in [3.05, 3.63) is 39.9 Å². The van der Waals surface area contributed by atoms with Crippen molar-refractivity contribution in [3.63, 3.8) is 0 Å². The van der Waals surface area contributed by atoms with Crippen LogP contribution in [0.2, 0.25) is 0 Å². The van der Waals surface area contributed by atoms with Crippen molar-refractivity contribution in [2.45, 2.75) is 56.8 Å². The predicted octanol–water partition coefficient (Wildman–Crippen LogP) is 1.80. The van der Waals surface area contributed by atoms with E-state index in [1.54, 1.807) is 32.9 Å². The van der Waals surface area contributed by atoms with E-state index in [4.69, 9.17) is 9.47 Å². The Morgan fingerprint density at radius 2 is 1.90 bits per heavy atom. The van der Waals surface area contributed by atoms with Crippen molar-refractivity contribution in [1.29, 1.82) is 0 Å². The number of nitrogens with zero attached hydrogens (tertiary/aromatic N) is 2. The van der Waals surface area contributed by atoms with Crippen LogP contribution in [0.25, 0.3) is 0 Å². The number of anilines is 1. The molecule has 4 atom stereocenters. The summed E-state index contributed by atoms with van der Waals surface area (Å²) in [4.78, 5) is 51.2. The van der Waals surface area contributed by atoms with Crippen LogP contribution in [-0.4, -0.2) is 52.4 Å². The van der Waals surface area contributed by atoms with Gasteiger partial charge >= 0.3 is 12.1 Å². The summed E-state index contributed by atoms with van der Waals surface area (Å²) in [6, 6.07) is 4.50. The predicted molar refractivity (Wildman–Crippen MR) is 103 cm³/mol. The number of ether oxygens (including phenoxy) is 2. The highest BCUT2D eigenvalue weighted by Crippen LogP contribution is 2.60. The van der Waals surface area contributed by atoms with Gasteiger partial charge in [0, 0.05) is 11.3 Å². The topological polar surface area (TPSA) is 136 Å². The van der Waals surface area contributed by atoms with Gasteiger partial charge in [0.1, 0.15) is 16.9 Å². The molecule has 0 bridgehead atoms. The number of para-hydroxylation sites is 1. The average molecular weight is 420 g/mol. The van der Waals surface area contributed by atoms with Gasteiger partial charge in [-0.1, -0.05) is 18.2 Å². The second kappa shape index (κ2) is 6.76. The number of carbonyl (C=O) groups excluding carboxylic acids is 3. The number of imide groups is 1. The Labute approximate surface area is 172 Å². The van der Waals surface area contributed by atoms with Gasteiger partial charge in [-0.15, -0.1) is 0 Å². The maximum absolute atomic E-state index is 13.8. The molecule has 1 aliphatic carbocycles. The van der Waals surface area contributed by atoms with Crippen LogP contribution in [0.15, 0.2) is 24.3 Å². The van der Waals surface area contributed by atoms with E-state index < -0.39 is 57.9 Å². The van der Waals surface area contributed by atoms with Crippen LogP contribution in [0.1, 0.15) is 39.7 Å². The van der Waals surface area contributed by atoms with Crippen LogP contribution in [-0.2, 0) is 24.5 Å². The first-order chi connectivity index (χ1) is 13.8. The molecule has 2 aliphatic rings. The lowest BCUT2D eigenvalue weighted by Gasteiger charge is -2.37. The Kier molecular flexibility index (Phi) is 4.89. The summed E-state index contributed by atoms with van der Waals surface area (Å²) in [7, 11) is 1.05. The second-order valence-electron chi connectivity index (χ2n) is 8.78. The molecule has 1 spiro atoms. The highest BCUT2D eigenvalue weighted by molar-refractivity contribution is 6.23. The number of rotatable bonds is 2. The van der Waals surface area contributed by atoms with Crippen LogP contribution in [0.5, 0.6) is 0 Å². The number of carbonyl (C=O) groups is 3. The zero-order valence-corrected chi connectivity index (χ0v) is 17.4. The molecular formula is C20H24N2O8. The van der Waals surface area contributed by atoms with Crippen molar-refractivity contribution in [2.75, 3.05) is 12.0 Å². The molecule has 0 unspecified atom stereocenters. The van der Waals surface area contributed by atoms with Gasteiger partial charge in [-0.05, 0) is 39.3 Å². The van der Waals surface area contributed by atoms with E-state index in [-0.39, 0.29) is 11.3 Å². The number of hydrogen-bond donors (Lipinski definition) is 1. The van der Waals surface area contributed by atoms with E-state index in [0.29, 0.717) is 0 Å². The van der Waals surface area contributed by atoms with Crippen molar-refractivity contribution < 1.29 is 33.9 Å². The largest absolute Gasteiger partial charge is 0.469 e. The number of nitro groups is 1. The molecule has 1 aromatic rings. The van der Waals surface area contributed by atoms with Crippen LogP contribution >= 0.6 is 0 Å². The highest BCUT2D eigenvalue weighted by Gasteiger charge is 2.77. The molecule has 1 heterocycles. The molecule has 10 nitrogen and oxygen atoms in total. The molecule has 162 valence electrons. The molecule has 1 aliphatic heterocycles. The van der Waals surface area contributed by atoms with Gasteiger partial charge in [0.15, 0.2) is 0 Å². The molecular weight excluding hydrogens is 396 g/mol. The van der Waals surface area contributed by atoms with Gasteiger partial charge in [0.2, 0.25) is 6.04 Å². The van der Waals surface area contributed by atoms with Crippen molar-refractivity contribution in [1.82, 2.24) is 0 Å². The molecule has 3 rings (SSSR count). The molecule has 1 saturated carbocycles. The molecule has 0 saturated heterocycles. The first-order valence-corrected chi connectivity index (χ1v) is 9.40. The van der Waals surface area contributed by atoms with Crippen LogP contribution in [0.4, 0.5) is 10.5 Å². The Morgan fingerprint density at radius 1 is 1.30 bits per heavy atom. The third kappa shape index (κ3) is 2.85. The number of esters is 1. The maximum atomic E-state index is 13.8. The molecule has 1 fully saturated rings. The van der Waals surface area contributed by atoms with E-state index in [2.05, 4.69) is 0 Å². The quantitative estimate of drug-likeness (QED) is 0.434. The summed E-state index contributed by atoms with van der Waals surface area (Å²) in [5.74, 6) is -3.60. The monoisotopic (exact) mass is 420 g/mol. The molecule has 10 heteroatoms. The summed E-state index contributed by atoms with van der Waals surface area (Å²) in [6.45, 7) is 6.14. The van der Waals surface area contributed by atoms with E-state index in [1.807, 2.05) is 0 Å². The van der Waals surface area contributed by atoms with Gasteiger partial charge < -0.3 is 14.6 Å². The average Bonchev–Trinajstić information content (AvgIpc) is 3.04. The summed E-state index contributed by atoms with van der Waals surface area (Å²) in [6.07, 6.45) is -1.47. The highest BCUT2D eigenvalue weighted by atomic mass is 16.6. The van der Waals surface area contributed by atoms with E-state index in [9.17, 15) is 29.6 Å². The molecule has 1 N–H and O–H groups in total. The fraction of sp³-hybridized carbons (Fsp3) is 0.550. The third-order valence-corrected chi connectivity index (χ3v) is 5.72. The fourth-order valence-electron chi connectivity index (χ4n) is 4.68. The van der Waals surface area contributed by atoms with Crippen LogP contribution < -0.4 is 4.90 Å². The van der Waals surface area contributed by atoms with Gasteiger partial charge in [-0.3, -0.25) is 19.7 Å². The van der Waals surface area contributed by atoms with Crippen molar-refractivity contribution in [2.24, 2.45) is 5.92 Å². The molecule has 2 amide bonds.